The smallest absolute Gasteiger partial charge is 0.164 e. The molecule has 1 aromatic heterocycles. The molecule has 0 atom stereocenters. The molecule has 0 fully saturated rings. The molecule has 4 heteroatoms. The van der Waals surface area contributed by atoms with Gasteiger partial charge < -0.3 is 5.73 Å². The molecule has 0 aliphatic carbocycles. The summed E-state index contributed by atoms with van der Waals surface area (Å²) in [6.45, 7) is 0.965. The average Bonchev–Trinajstić information content (AvgIpc) is 2.41. The predicted molar refractivity (Wildman–Crippen MR) is 40.0 cm³/mol. The first-order valence-electron chi connectivity index (χ1n) is 3.29. The van der Waals surface area contributed by atoms with Gasteiger partial charge in [-0.3, -0.25) is 4.68 Å². The predicted octanol–water partition coefficient (Wildman–Crippen LogP) is 1.06. The van der Waals surface area contributed by atoms with E-state index in [-0.39, 0.29) is 0 Å². The second-order valence-electron chi connectivity index (χ2n) is 2.47. The Balaban J connectivity index is 2.59. The number of fused-ring (bicyclic) bond motifs is 1. The van der Waals surface area contributed by atoms with Crippen molar-refractivity contribution in [2.45, 2.75) is 19.4 Å². The third-order valence-corrected chi connectivity index (χ3v) is 2.21. The summed E-state index contributed by atoms with van der Waals surface area (Å²) in [5.74, 6) is 0.469. The highest BCUT2D eigenvalue weighted by Crippen LogP contribution is 2.27. The van der Waals surface area contributed by atoms with Gasteiger partial charge in [-0.15, -0.1) is 0 Å². The molecule has 1 aliphatic rings. The first-order chi connectivity index (χ1) is 4.79. The number of hydrogen-bond donors (Lipinski definition) is 1. The van der Waals surface area contributed by atoms with Crippen LogP contribution in [0, 0.1) is 0 Å². The van der Waals surface area contributed by atoms with Crippen LogP contribution >= 0.6 is 11.6 Å². The topological polar surface area (TPSA) is 43.8 Å². The Hall–Kier alpha value is -0.700. The number of rotatable bonds is 0. The van der Waals surface area contributed by atoms with Crippen molar-refractivity contribution >= 4 is 17.4 Å². The average molecular weight is 158 g/mol. The molecule has 2 N–H and O–H groups in total. The summed E-state index contributed by atoms with van der Waals surface area (Å²) < 4.78 is 1.89. The molecular formula is C6H8ClN3. The van der Waals surface area contributed by atoms with Crippen molar-refractivity contribution in [3.63, 3.8) is 0 Å². The van der Waals surface area contributed by atoms with Gasteiger partial charge in [0.05, 0.1) is 5.69 Å². The normalized spacial score (nSPS) is 15.7. The third-order valence-electron chi connectivity index (χ3n) is 1.80. The van der Waals surface area contributed by atoms with Crippen LogP contribution in [0.15, 0.2) is 0 Å². The van der Waals surface area contributed by atoms with Crippen molar-refractivity contribution in [2.75, 3.05) is 5.73 Å². The summed E-state index contributed by atoms with van der Waals surface area (Å²) in [4.78, 5) is 0. The summed E-state index contributed by atoms with van der Waals surface area (Å²) in [6.07, 6.45) is 2.16. The van der Waals surface area contributed by atoms with E-state index in [1.165, 1.54) is 0 Å². The minimum Gasteiger partial charge on any atom is -0.381 e. The highest BCUT2D eigenvalue weighted by molar-refractivity contribution is 6.33. The molecule has 0 aromatic carbocycles. The fraction of sp³-hybridized carbons (Fsp3) is 0.500. The molecule has 0 bridgehead atoms. The van der Waals surface area contributed by atoms with E-state index in [0.29, 0.717) is 10.8 Å². The Morgan fingerprint density at radius 2 is 2.40 bits per heavy atom. The number of hydrogen-bond acceptors (Lipinski definition) is 2. The van der Waals surface area contributed by atoms with E-state index in [2.05, 4.69) is 5.10 Å². The van der Waals surface area contributed by atoms with Crippen LogP contribution in [0.25, 0.3) is 0 Å². The van der Waals surface area contributed by atoms with E-state index in [1.807, 2.05) is 4.68 Å². The van der Waals surface area contributed by atoms with Crippen molar-refractivity contribution < 1.29 is 0 Å². The van der Waals surface area contributed by atoms with Crippen molar-refractivity contribution in [3.05, 3.63) is 10.7 Å². The van der Waals surface area contributed by atoms with E-state index < -0.39 is 0 Å². The van der Waals surface area contributed by atoms with Crippen LogP contribution in [0.4, 0.5) is 5.82 Å². The number of anilines is 1. The first kappa shape index (κ1) is 6.04. The number of nitrogens with two attached hydrogens (primary N) is 1. The quantitative estimate of drug-likeness (QED) is 0.612. The Kier molecular flexibility index (Phi) is 1.14. The molecule has 10 heavy (non-hydrogen) atoms. The summed E-state index contributed by atoms with van der Waals surface area (Å²) in [5.41, 5.74) is 6.58. The first-order valence-corrected chi connectivity index (χ1v) is 3.67. The van der Waals surface area contributed by atoms with Crippen LogP contribution in [0.5, 0.6) is 0 Å². The fourth-order valence-electron chi connectivity index (χ4n) is 1.32. The Morgan fingerprint density at radius 3 is 3.10 bits per heavy atom. The number of nitrogen functional groups attached to an aromatic ring is 1. The van der Waals surface area contributed by atoms with Gasteiger partial charge in [0.2, 0.25) is 0 Å². The van der Waals surface area contributed by atoms with E-state index in [1.54, 1.807) is 0 Å². The lowest BCUT2D eigenvalue weighted by atomic mass is 10.3. The highest BCUT2D eigenvalue weighted by Gasteiger charge is 2.17. The van der Waals surface area contributed by atoms with Crippen LogP contribution in [0.2, 0.25) is 5.02 Å². The van der Waals surface area contributed by atoms with Gasteiger partial charge in [-0.25, -0.2) is 0 Å². The van der Waals surface area contributed by atoms with Crippen LogP contribution in [-0.4, -0.2) is 9.78 Å². The maximum Gasteiger partial charge on any atom is 0.164 e. The minimum atomic E-state index is 0.469. The van der Waals surface area contributed by atoms with Gasteiger partial charge in [0.1, 0.15) is 5.02 Å². The molecule has 0 radical (unpaired) electrons. The van der Waals surface area contributed by atoms with Crippen LogP contribution in [0.1, 0.15) is 12.1 Å². The molecular weight excluding hydrogens is 150 g/mol. The maximum absolute atomic E-state index is 5.85. The van der Waals surface area contributed by atoms with Gasteiger partial charge in [-0.1, -0.05) is 11.6 Å². The minimum absolute atomic E-state index is 0.469. The Bertz CT molecular complexity index is 266. The standard InChI is InChI=1S/C6H8ClN3/c7-5-4-2-1-3-10(4)9-6(5)8/h1-3H2,(H2,8,9). The van der Waals surface area contributed by atoms with Gasteiger partial charge in [-0.05, 0) is 12.8 Å². The van der Waals surface area contributed by atoms with Gasteiger partial charge >= 0.3 is 0 Å². The molecule has 0 amide bonds. The van der Waals surface area contributed by atoms with Gasteiger partial charge in [0, 0.05) is 6.54 Å². The second kappa shape index (κ2) is 1.89. The summed E-state index contributed by atoms with van der Waals surface area (Å²) in [5, 5.41) is 4.70. The molecule has 1 aliphatic heterocycles. The molecule has 2 heterocycles. The molecule has 1 aromatic rings. The zero-order chi connectivity index (χ0) is 7.14. The molecule has 2 rings (SSSR count). The highest BCUT2D eigenvalue weighted by atomic mass is 35.5. The van der Waals surface area contributed by atoms with E-state index in [0.717, 1.165) is 25.1 Å². The van der Waals surface area contributed by atoms with Crippen LogP contribution in [-0.2, 0) is 13.0 Å². The maximum atomic E-state index is 5.85. The number of halogens is 1. The Labute approximate surface area is 63.8 Å². The van der Waals surface area contributed by atoms with Crippen LogP contribution < -0.4 is 5.73 Å². The van der Waals surface area contributed by atoms with Gasteiger partial charge in [0.25, 0.3) is 0 Å². The van der Waals surface area contributed by atoms with Crippen molar-refractivity contribution in [2.24, 2.45) is 0 Å². The summed E-state index contributed by atoms with van der Waals surface area (Å²) in [6, 6.07) is 0. The largest absolute Gasteiger partial charge is 0.381 e. The van der Waals surface area contributed by atoms with Crippen molar-refractivity contribution in [1.29, 1.82) is 0 Å². The molecule has 0 spiro atoms. The van der Waals surface area contributed by atoms with E-state index >= 15 is 0 Å². The number of nitrogens with zero attached hydrogens (tertiary/aromatic N) is 2. The van der Waals surface area contributed by atoms with Crippen molar-refractivity contribution in [3.8, 4) is 0 Å². The lowest BCUT2D eigenvalue weighted by molar-refractivity contribution is 0.660. The zero-order valence-corrected chi connectivity index (χ0v) is 6.23. The number of aryl methyl sites for hydroxylation is 1. The molecule has 54 valence electrons. The summed E-state index contributed by atoms with van der Waals surface area (Å²) >= 11 is 5.85. The van der Waals surface area contributed by atoms with Gasteiger partial charge in [0.15, 0.2) is 5.82 Å². The SMILES string of the molecule is Nc1nn2c(c1Cl)CCC2. The fourth-order valence-corrected chi connectivity index (χ4v) is 1.55. The third kappa shape index (κ3) is 0.639. The van der Waals surface area contributed by atoms with Gasteiger partial charge in [-0.2, -0.15) is 5.10 Å². The lowest BCUT2D eigenvalue weighted by Crippen LogP contribution is -1.95. The monoisotopic (exact) mass is 157 g/mol. The van der Waals surface area contributed by atoms with E-state index in [9.17, 15) is 0 Å². The number of aromatic nitrogens is 2. The molecule has 3 nitrogen and oxygen atoms in total. The lowest BCUT2D eigenvalue weighted by Gasteiger charge is -1.88. The summed E-state index contributed by atoms with van der Waals surface area (Å²) in [7, 11) is 0. The molecule has 0 saturated carbocycles. The Morgan fingerprint density at radius 1 is 1.60 bits per heavy atom. The molecule has 0 saturated heterocycles. The van der Waals surface area contributed by atoms with E-state index in [4.69, 9.17) is 17.3 Å². The molecule has 0 unspecified atom stereocenters. The van der Waals surface area contributed by atoms with Crippen molar-refractivity contribution in [1.82, 2.24) is 9.78 Å². The zero-order valence-electron chi connectivity index (χ0n) is 5.47. The second-order valence-corrected chi connectivity index (χ2v) is 2.85. The van der Waals surface area contributed by atoms with Crippen LogP contribution in [0.3, 0.4) is 0 Å².